The fourth-order valence-corrected chi connectivity index (χ4v) is 3.89. The molecule has 9 nitrogen and oxygen atoms in total. The summed E-state index contributed by atoms with van der Waals surface area (Å²) in [5.41, 5.74) is 2.08. The van der Waals surface area contributed by atoms with Crippen LogP contribution < -0.4 is 4.74 Å². The van der Waals surface area contributed by atoms with Crippen molar-refractivity contribution >= 4 is 17.8 Å². The molecule has 40 heavy (non-hydrogen) atoms. The molecule has 1 aromatic carbocycles. The van der Waals surface area contributed by atoms with Crippen LogP contribution in [0.2, 0.25) is 0 Å². The molecule has 220 valence electrons. The van der Waals surface area contributed by atoms with Gasteiger partial charge < -0.3 is 19.8 Å². The number of aryl methyl sites for hydroxylation is 1. The van der Waals surface area contributed by atoms with Gasteiger partial charge in [0.1, 0.15) is 11.9 Å². The molecule has 2 aliphatic heterocycles. The topological polar surface area (TPSA) is 120 Å². The van der Waals surface area contributed by atoms with Gasteiger partial charge in [0, 0.05) is 50.5 Å². The molecule has 0 spiro atoms. The number of hydrogen-bond donors (Lipinski definition) is 2. The minimum atomic E-state index is -5.08. The van der Waals surface area contributed by atoms with Crippen LogP contribution in [-0.2, 0) is 20.8 Å². The number of piperazine rings is 1. The lowest BCUT2D eigenvalue weighted by molar-refractivity contribution is -0.193. The number of halogens is 6. The molecule has 3 heterocycles. The lowest BCUT2D eigenvalue weighted by Crippen LogP contribution is -2.52. The molecule has 0 saturated carbocycles. The SMILES string of the molecule is Cc1ccc(O[C@@H]2C[C@H]3CN(C(=O)Cc4ccccn4)CCN3C2)cc1.O=C(O)C(F)(F)F.O=C(O)C(F)(F)F. The quantitative estimate of drug-likeness (QED) is 0.528. The molecule has 1 aromatic heterocycles. The van der Waals surface area contributed by atoms with Crippen molar-refractivity contribution in [2.75, 3.05) is 26.2 Å². The van der Waals surface area contributed by atoms with E-state index in [-0.39, 0.29) is 12.0 Å². The zero-order chi connectivity index (χ0) is 30.1. The lowest BCUT2D eigenvalue weighted by Gasteiger charge is -2.37. The maximum atomic E-state index is 12.6. The van der Waals surface area contributed by atoms with Gasteiger partial charge in [-0.25, -0.2) is 9.59 Å². The van der Waals surface area contributed by atoms with Gasteiger partial charge in [-0.1, -0.05) is 23.8 Å². The van der Waals surface area contributed by atoms with Gasteiger partial charge in [0.15, 0.2) is 0 Å². The van der Waals surface area contributed by atoms with E-state index in [2.05, 4.69) is 28.9 Å². The van der Waals surface area contributed by atoms with Crippen molar-refractivity contribution in [3.05, 3.63) is 59.9 Å². The third kappa shape index (κ3) is 10.7. The van der Waals surface area contributed by atoms with Gasteiger partial charge in [-0.3, -0.25) is 14.7 Å². The number of amides is 1. The average Bonchev–Trinajstić information content (AvgIpc) is 3.27. The number of fused-ring (bicyclic) bond motifs is 1. The van der Waals surface area contributed by atoms with Crippen LogP contribution in [0.1, 0.15) is 17.7 Å². The Morgan fingerprint density at radius 2 is 1.50 bits per heavy atom. The highest BCUT2D eigenvalue weighted by Crippen LogP contribution is 2.26. The maximum absolute atomic E-state index is 12.6. The Kier molecular flexibility index (Phi) is 11.3. The van der Waals surface area contributed by atoms with Crippen molar-refractivity contribution < 1.29 is 55.7 Å². The minimum absolute atomic E-state index is 0.172. The highest BCUT2D eigenvalue weighted by atomic mass is 19.4. The van der Waals surface area contributed by atoms with Crippen LogP contribution in [-0.4, -0.2) is 93.5 Å². The smallest absolute Gasteiger partial charge is 0.489 e. The van der Waals surface area contributed by atoms with Gasteiger partial charge in [-0.2, -0.15) is 26.3 Å². The molecule has 2 aromatic rings. The molecule has 0 bridgehead atoms. The highest BCUT2D eigenvalue weighted by molar-refractivity contribution is 5.78. The average molecular weight is 579 g/mol. The number of carbonyl (C=O) groups is 3. The second-order valence-electron chi connectivity index (χ2n) is 8.88. The number of pyridine rings is 1. The fraction of sp³-hybridized carbons (Fsp3) is 0.440. The van der Waals surface area contributed by atoms with Gasteiger partial charge in [0.2, 0.25) is 5.91 Å². The summed E-state index contributed by atoms with van der Waals surface area (Å²) < 4.78 is 69.6. The van der Waals surface area contributed by atoms with Crippen molar-refractivity contribution in [3.63, 3.8) is 0 Å². The number of benzene rings is 1. The van der Waals surface area contributed by atoms with Crippen LogP contribution in [0.3, 0.4) is 0 Å². The van der Waals surface area contributed by atoms with E-state index in [1.807, 2.05) is 35.2 Å². The Bertz CT molecular complexity index is 1100. The Morgan fingerprint density at radius 3 is 2.00 bits per heavy atom. The number of rotatable bonds is 4. The maximum Gasteiger partial charge on any atom is 0.490 e. The van der Waals surface area contributed by atoms with Crippen LogP contribution >= 0.6 is 0 Å². The Morgan fingerprint density at radius 1 is 0.925 bits per heavy atom. The fourth-order valence-electron chi connectivity index (χ4n) is 3.89. The third-order valence-corrected chi connectivity index (χ3v) is 5.80. The summed E-state index contributed by atoms with van der Waals surface area (Å²) in [7, 11) is 0. The number of ether oxygens (including phenoxy) is 1. The van der Waals surface area contributed by atoms with E-state index in [0.29, 0.717) is 12.5 Å². The number of aromatic nitrogens is 1. The van der Waals surface area contributed by atoms with Crippen LogP contribution in [0.25, 0.3) is 0 Å². The lowest BCUT2D eigenvalue weighted by atomic mass is 10.1. The van der Waals surface area contributed by atoms with E-state index >= 15 is 0 Å². The molecule has 2 saturated heterocycles. The number of nitrogens with zero attached hydrogens (tertiary/aromatic N) is 3. The second kappa shape index (κ2) is 14.0. The standard InChI is InChI=1S/C21H25N3O2.2C2HF3O2/c1-16-5-7-19(8-6-16)26-20-13-18-14-24(11-10-23(18)15-20)21(25)12-17-4-2-3-9-22-17;2*3-2(4,5)1(6)7/h2-9,18,20H,10-15H2,1H3;2*(H,6,7)/t18-,20+;;/m0../s1. The van der Waals surface area contributed by atoms with Crippen LogP contribution in [0.5, 0.6) is 5.75 Å². The van der Waals surface area contributed by atoms with Gasteiger partial charge >= 0.3 is 24.3 Å². The van der Waals surface area contributed by atoms with Crippen molar-refractivity contribution in [2.45, 2.75) is 44.3 Å². The van der Waals surface area contributed by atoms with Crippen LogP contribution in [0.4, 0.5) is 26.3 Å². The molecule has 15 heteroatoms. The molecule has 0 unspecified atom stereocenters. The number of alkyl halides is 6. The van der Waals surface area contributed by atoms with Gasteiger partial charge in [0.25, 0.3) is 0 Å². The molecule has 0 aliphatic carbocycles. The van der Waals surface area contributed by atoms with E-state index < -0.39 is 24.3 Å². The van der Waals surface area contributed by atoms with Gasteiger partial charge in [-0.05, 0) is 31.2 Å². The summed E-state index contributed by atoms with van der Waals surface area (Å²) in [6.07, 6.45) is -6.86. The molecular formula is C25H27F6N3O6. The van der Waals surface area contributed by atoms with E-state index in [9.17, 15) is 31.1 Å². The molecule has 1 amide bonds. The summed E-state index contributed by atoms with van der Waals surface area (Å²) in [4.78, 5) is 39.1. The zero-order valence-electron chi connectivity index (χ0n) is 21.2. The van der Waals surface area contributed by atoms with E-state index in [1.54, 1.807) is 6.20 Å². The van der Waals surface area contributed by atoms with Crippen LogP contribution in [0.15, 0.2) is 48.7 Å². The first kappa shape index (κ1) is 32.3. The number of carboxylic acid groups (broad SMARTS) is 2. The molecule has 2 atom stereocenters. The summed E-state index contributed by atoms with van der Waals surface area (Å²) in [5, 5.41) is 14.2. The molecule has 2 fully saturated rings. The second-order valence-corrected chi connectivity index (χ2v) is 8.88. The number of aliphatic carboxylic acids is 2. The molecule has 2 aliphatic rings. The summed E-state index contributed by atoms with van der Waals surface area (Å²) in [6.45, 7) is 5.53. The molecule has 2 N–H and O–H groups in total. The Labute approximate surface area is 225 Å². The predicted molar refractivity (Wildman–Crippen MR) is 127 cm³/mol. The largest absolute Gasteiger partial charge is 0.490 e. The van der Waals surface area contributed by atoms with Crippen molar-refractivity contribution in [1.82, 2.24) is 14.8 Å². The molecule has 0 radical (unpaired) electrons. The summed E-state index contributed by atoms with van der Waals surface area (Å²) in [6, 6.07) is 14.3. The summed E-state index contributed by atoms with van der Waals surface area (Å²) in [5.74, 6) is -4.41. The normalized spacial score (nSPS) is 18.8. The predicted octanol–water partition coefficient (Wildman–Crippen LogP) is 3.56. The van der Waals surface area contributed by atoms with Gasteiger partial charge in [0.05, 0.1) is 6.42 Å². The van der Waals surface area contributed by atoms with E-state index in [1.165, 1.54) is 5.56 Å². The molecular weight excluding hydrogens is 552 g/mol. The Balaban J connectivity index is 0.000000333. The first-order valence-corrected chi connectivity index (χ1v) is 11.8. The zero-order valence-corrected chi connectivity index (χ0v) is 21.2. The molecule has 4 rings (SSSR count). The number of carboxylic acids is 2. The highest BCUT2D eigenvalue weighted by Gasteiger charge is 2.39. The van der Waals surface area contributed by atoms with E-state index in [0.717, 1.165) is 44.0 Å². The Hall–Kier alpha value is -3.88. The monoisotopic (exact) mass is 579 g/mol. The van der Waals surface area contributed by atoms with Crippen molar-refractivity contribution in [2.24, 2.45) is 0 Å². The van der Waals surface area contributed by atoms with Crippen molar-refractivity contribution in [3.8, 4) is 5.75 Å². The first-order chi connectivity index (χ1) is 18.6. The van der Waals surface area contributed by atoms with Crippen LogP contribution in [0, 0.1) is 6.92 Å². The minimum Gasteiger partial charge on any atom is -0.489 e. The first-order valence-electron chi connectivity index (χ1n) is 11.8. The summed E-state index contributed by atoms with van der Waals surface area (Å²) >= 11 is 0. The van der Waals surface area contributed by atoms with E-state index in [4.69, 9.17) is 24.5 Å². The van der Waals surface area contributed by atoms with Gasteiger partial charge in [-0.15, -0.1) is 0 Å². The third-order valence-electron chi connectivity index (χ3n) is 5.80. The number of hydrogen-bond acceptors (Lipinski definition) is 6. The van der Waals surface area contributed by atoms with Crippen molar-refractivity contribution in [1.29, 1.82) is 0 Å². The number of carbonyl (C=O) groups excluding carboxylic acids is 1.